The van der Waals surface area contributed by atoms with Gasteiger partial charge in [0, 0.05) is 18.8 Å². The zero-order chi connectivity index (χ0) is 15.4. The molecule has 5 heteroatoms. The van der Waals surface area contributed by atoms with E-state index in [1.165, 1.54) is 0 Å². The smallest absolute Gasteiger partial charge is 0.311 e. The zero-order valence-electron chi connectivity index (χ0n) is 12.5. The number of benzene rings is 1. The van der Waals surface area contributed by atoms with Crippen molar-refractivity contribution in [3.8, 4) is 0 Å². The van der Waals surface area contributed by atoms with Crippen LogP contribution in [0.1, 0.15) is 31.7 Å². The Hall–Kier alpha value is -2.04. The molecule has 1 heterocycles. The van der Waals surface area contributed by atoms with E-state index in [9.17, 15) is 14.7 Å². The van der Waals surface area contributed by atoms with Crippen LogP contribution in [0.5, 0.6) is 0 Å². The van der Waals surface area contributed by atoms with E-state index < -0.39 is 11.9 Å². The average Bonchev–Trinajstić information content (AvgIpc) is 2.45. The van der Waals surface area contributed by atoms with Gasteiger partial charge in [-0.25, -0.2) is 0 Å². The van der Waals surface area contributed by atoms with Crippen molar-refractivity contribution in [3.63, 3.8) is 0 Å². The fourth-order valence-corrected chi connectivity index (χ4v) is 2.60. The van der Waals surface area contributed by atoms with Crippen LogP contribution in [0.15, 0.2) is 24.3 Å². The third-order valence-electron chi connectivity index (χ3n) is 3.68. The molecule has 1 atom stereocenters. The van der Waals surface area contributed by atoms with E-state index in [4.69, 9.17) is 0 Å². The van der Waals surface area contributed by atoms with Gasteiger partial charge in [0.15, 0.2) is 0 Å². The Morgan fingerprint density at radius 3 is 2.76 bits per heavy atom. The molecule has 2 N–H and O–H groups in total. The van der Waals surface area contributed by atoms with Crippen molar-refractivity contribution < 1.29 is 14.7 Å². The minimum atomic E-state index is -0.800. The fourth-order valence-electron chi connectivity index (χ4n) is 2.60. The molecule has 0 aromatic heterocycles. The van der Waals surface area contributed by atoms with Gasteiger partial charge in [-0.3, -0.25) is 9.59 Å². The number of hydrogen-bond donors (Lipinski definition) is 2. The molecule has 1 amide bonds. The second-order valence-corrected chi connectivity index (χ2v) is 5.86. The van der Waals surface area contributed by atoms with Crippen LogP contribution in [0, 0.1) is 5.92 Å². The van der Waals surface area contributed by atoms with Crippen LogP contribution in [0.3, 0.4) is 0 Å². The van der Waals surface area contributed by atoms with E-state index >= 15 is 0 Å². The average molecular weight is 290 g/mol. The molecule has 114 valence electrons. The maximum Gasteiger partial charge on any atom is 0.311 e. The van der Waals surface area contributed by atoms with E-state index in [1.807, 2.05) is 43.0 Å². The maximum absolute atomic E-state index is 12.0. The zero-order valence-corrected chi connectivity index (χ0v) is 12.5. The summed E-state index contributed by atoms with van der Waals surface area (Å²) in [5, 5.41) is 12.2. The fraction of sp³-hybridized carbons (Fsp3) is 0.500. The summed E-state index contributed by atoms with van der Waals surface area (Å²) in [6.07, 6.45) is 0.532. The summed E-state index contributed by atoms with van der Waals surface area (Å²) in [6.45, 7) is 5.62. The molecule has 0 bridgehead atoms. The quantitative estimate of drug-likeness (QED) is 0.868. The molecule has 0 spiro atoms. The molecule has 21 heavy (non-hydrogen) atoms. The van der Waals surface area contributed by atoms with E-state index in [2.05, 4.69) is 5.32 Å². The topological polar surface area (TPSA) is 69.6 Å². The van der Waals surface area contributed by atoms with Gasteiger partial charge in [0.1, 0.15) is 0 Å². The minimum Gasteiger partial charge on any atom is -0.481 e. The predicted molar refractivity (Wildman–Crippen MR) is 81.5 cm³/mol. The lowest BCUT2D eigenvalue weighted by Gasteiger charge is -2.33. The third kappa shape index (κ3) is 3.74. The lowest BCUT2D eigenvalue weighted by Crippen LogP contribution is -2.42. The Bertz CT molecular complexity index is 528. The number of aliphatic carboxylic acids is 1. The summed E-state index contributed by atoms with van der Waals surface area (Å²) >= 11 is 0. The molecule has 1 aliphatic rings. The summed E-state index contributed by atoms with van der Waals surface area (Å²) < 4.78 is 0. The van der Waals surface area contributed by atoms with Gasteiger partial charge >= 0.3 is 5.97 Å². The molecule has 0 saturated carbocycles. The highest BCUT2D eigenvalue weighted by Gasteiger charge is 2.30. The molecule has 0 aliphatic carbocycles. The van der Waals surface area contributed by atoms with Gasteiger partial charge in [-0.15, -0.1) is 0 Å². The van der Waals surface area contributed by atoms with Gasteiger partial charge in [0.25, 0.3) is 0 Å². The van der Waals surface area contributed by atoms with Crippen molar-refractivity contribution >= 4 is 17.6 Å². The Morgan fingerprint density at radius 2 is 2.10 bits per heavy atom. The SMILES string of the molecule is CC(C)CNC(=O)CN1CCC(C(=O)O)c2ccccc21. The predicted octanol–water partition coefficient (Wildman–Crippen LogP) is 1.84. The number of para-hydroxylation sites is 1. The van der Waals surface area contributed by atoms with Crippen LogP contribution in [0.4, 0.5) is 5.69 Å². The summed E-state index contributed by atoms with van der Waals surface area (Å²) in [5.74, 6) is -0.881. The van der Waals surface area contributed by atoms with Crippen LogP contribution in [-0.4, -0.2) is 36.6 Å². The normalized spacial score (nSPS) is 17.5. The number of nitrogens with zero attached hydrogens (tertiary/aromatic N) is 1. The standard InChI is InChI=1S/C16H22N2O3/c1-11(2)9-17-15(19)10-18-8-7-13(16(20)21)12-5-3-4-6-14(12)18/h3-6,11,13H,7-10H2,1-2H3,(H,17,19)(H,20,21). The van der Waals surface area contributed by atoms with Crippen LogP contribution in [0.25, 0.3) is 0 Å². The molecule has 1 aromatic carbocycles. The van der Waals surface area contributed by atoms with E-state index in [-0.39, 0.29) is 12.5 Å². The second-order valence-electron chi connectivity index (χ2n) is 5.86. The van der Waals surface area contributed by atoms with Gasteiger partial charge in [-0.05, 0) is 24.0 Å². The molecule has 1 aromatic rings. The number of carboxylic acid groups (broad SMARTS) is 1. The van der Waals surface area contributed by atoms with Gasteiger partial charge in [-0.1, -0.05) is 32.0 Å². The number of rotatable bonds is 5. The first kappa shape index (κ1) is 15.4. The first-order valence-corrected chi connectivity index (χ1v) is 7.32. The molecule has 5 nitrogen and oxygen atoms in total. The second kappa shape index (κ2) is 6.61. The molecule has 1 aliphatic heterocycles. The molecule has 0 radical (unpaired) electrons. The molecular formula is C16H22N2O3. The molecule has 0 saturated heterocycles. The highest BCUT2D eigenvalue weighted by Crippen LogP contribution is 2.34. The number of carbonyl (C=O) groups is 2. The first-order valence-electron chi connectivity index (χ1n) is 7.32. The maximum atomic E-state index is 12.0. The van der Waals surface area contributed by atoms with E-state index in [0.717, 1.165) is 11.3 Å². The van der Waals surface area contributed by atoms with Crippen molar-refractivity contribution in [2.24, 2.45) is 5.92 Å². The Morgan fingerprint density at radius 1 is 1.38 bits per heavy atom. The molecule has 1 unspecified atom stereocenters. The van der Waals surface area contributed by atoms with Crippen LogP contribution >= 0.6 is 0 Å². The van der Waals surface area contributed by atoms with Crippen molar-refractivity contribution in [3.05, 3.63) is 29.8 Å². The van der Waals surface area contributed by atoms with Crippen LogP contribution < -0.4 is 10.2 Å². The molecule has 0 fully saturated rings. The number of nitrogens with one attached hydrogen (secondary N) is 1. The Labute approximate surface area is 125 Å². The van der Waals surface area contributed by atoms with Gasteiger partial charge in [-0.2, -0.15) is 0 Å². The molecular weight excluding hydrogens is 268 g/mol. The summed E-state index contributed by atoms with van der Waals surface area (Å²) in [4.78, 5) is 25.3. The summed E-state index contributed by atoms with van der Waals surface area (Å²) in [7, 11) is 0. The van der Waals surface area contributed by atoms with Gasteiger partial charge < -0.3 is 15.3 Å². The summed E-state index contributed by atoms with van der Waals surface area (Å²) in [6, 6.07) is 7.45. The Balaban J connectivity index is 2.10. The highest BCUT2D eigenvalue weighted by molar-refractivity contribution is 5.84. The molecule has 2 rings (SSSR count). The highest BCUT2D eigenvalue weighted by atomic mass is 16.4. The minimum absolute atomic E-state index is 0.0210. The van der Waals surface area contributed by atoms with E-state index in [1.54, 1.807) is 0 Å². The van der Waals surface area contributed by atoms with Gasteiger partial charge in [0.2, 0.25) is 5.91 Å². The lowest BCUT2D eigenvalue weighted by molar-refractivity contribution is -0.139. The number of hydrogen-bond acceptors (Lipinski definition) is 3. The van der Waals surface area contributed by atoms with Crippen molar-refractivity contribution in [2.45, 2.75) is 26.2 Å². The van der Waals surface area contributed by atoms with Gasteiger partial charge in [0.05, 0.1) is 12.5 Å². The number of carboxylic acids is 1. The first-order chi connectivity index (χ1) is 9.99. The Kier molecular flexibility index (Phi) is 4.83. The van der Waals surface area contributed by atoms with Crippen molar-refractivity contribution in [1.29, 1.82) is 0 Å². The number of anilines is 1. The van der Waals surface area contributed by atoms with Crippen molar-refractivity contribution in [1.82, 2.24) is 5.32 Å². The number of carbonyl (C=O) groups excluding carboxylic acids is 1. The van der Waals surface area contributed by atoms with Crippen LogP contribution in [0.2, 0.25) is 0 Å². The van der Waals surface area contributed by atoms with Crippen LogP contribution in [-0.2, 0) is 9.59 Å². The number of amides is 1. The van der Waals surface area contributed by atoms with E-state index in [0.29, 0.717) is 25.4 Å². The van der Waals surface area contributed by atoms with Crippen molar-refractivity contribution in [2.75, 3.05) is 24.5 Å². The summed E-state index contributed by atoms with van der Waals surface area (Å²) in [5.41, 5.74) is 1.66. The number of fused-ring (bicyclic) bond motifs is 1. The largest absolute Gasteiger partial charge is 0.481 e. The monoisotopic (exact) mass is 290 g/mol. The third-order valence-corrected chi connectivity index (χ3v) is 3.68. The lowest BCUT2D eigenvalue weighted by atomic mass is 9.90.